The lowest BCUT2D eigenvalue weighted by Crippen LogP contribution is -2.32. The summed E-state index contributed by atoms with van der Waals surface area (Å²) in [5.74, 6) is -0.317. The molecule has 0 unspecified atom stereocenters. The van der Waals surface area contributed by atoms with E-state index in [4.69, 9.17) is 0 Å². The van der Waals surface area contributed by atoms with Crippen LogP contribution in [0.5, 0.6) is 0 Å². The van der Waals surface area contributed by atoms with Crippen LogP contribution in [-0.4, -0.2) is 16.7 Å². The fourth-order valence-corrected chi connectivity index (χ4v) is 4.18. The first kappa shape index (κ1) is 17.9. The van der Waals surface area contributed by atoms with Crippen LogP contribution < -0.4 is 10.7 Å². The van der Waals surface area contributed by atoms with Crippen molar-refractivity contribution in [2.75, 3.05) is 6.26 Å². The van der Waals surface area contributed by atoms with Gasteiger partial charge in [-0.15, -0.1) is 11.8 Å². The van der Waals surface area contributed by atoms with Crippen LogP contribution in [-0.2, 0) is 13.0 Å². The molecule has 1 N–H and O–H groups in total. The summed E-state index contributed by atoms with van der Waals surface area (Å²) in [6, 6.07) is 13.7. The lowest BCUT2D eigenvalue weighted by molar-refractivity contribution is 0.0938. The van der Waals surface area contributed by atoms with Gasteiger partial charge in [0.1, 0.15) is 5.56 Å². The summed E-state index contributed by atoms with van der Waals surface area (Å²) < 4.78 is 2.06. The van der Waals surface area contributed by atoms with Crippen molar-refractivity contribution in [3.63, 3.8) is 0 Å². The molecule has 2 heterocycles. The first-order valence-corrected chi connectivity index (χ1v) is 10.4. The Labute approximate surface area is 162 Å². The van der Waals surface area contributed by atoms with Gasteiger partial charge in [0, 0.05) is 23.0 Å². The van der Waals surface area contributed by atoms with Gasteiger partial charge in [0.05, 0.1) is 11.6 Å². The van der Waals surface area contributed by atoms with Gasteiger partial charge in [-0.25, -0.2) is 0 Å². The summed E-state index contributed by atoms with van der Waals surface area (Å²) in [4.78, 5) is 27.0. The van der Waals surface area contributed by atoms with Gasteiger partial charge in [0.25, 0.3) is 5.91 Å². The Balaban J connectivity index is 1.66. The molecule has 2 aromatic carbocycles. The third kappa shape index (κ3) is 3.28. The van der Waals surface area contributed by atoms with Gasteiger partial charge in [0.2, 0.25) is 5.43 Å². The van der Waals surface area contributed by atoms with Crippen LogP contribution in [0.25, 0.3) is 10.9 Å². The second-order valence-electron chi connectivity index (χ2n) is 6.95. The lowest BCUT2D eigenvalue weighted by atomic mass is 9.99. The highest BCUT2D eigenvalue weighted by atomic mass is 32.2. The molecule has 0 spiro atoms. The number of aromatic nitrogens is 1. The van der Waals surface area contributed by atoms with Gasteiger partial charge >= 0.3 is 0 Å². The minimum Gasteiger partial charge on any atom is -0.346 e. The predicted octanol–water partition coefficient (Wildman–Crippen LogP) is 4.16. The number of rotatable bonds is 4. The van der Waals surface area contributed by atoms with Crippen LogP contribution in [0.2, 0.25) is 0 Å². The second kappa shape index (κ2) is 7.24. The summed E-state index contributed by atoms with van der Waals surface area (Å²) in [6.45, 7) is 2.77. The SMILES string of the molecule is CSc1ccc([C@@H](C)NC(=O)c2cn3c4c(cccc4c2=O)CCC3)cc1. The average molecular weight is 378 g/mol. The minimum atomic E-state index is -0.317. The van der Waals surface area contributed by atoms with Crippen LogP contribution in [0, 0.1) is 0 Å². The first-order valence-electron chi connectivity index (χ1n) is 9.18. The van der Waals surface area contributed by atoms with E-state index in [1.54, 1.807) is 18.0 Å². The van der Waals surface area contributed by atoms with Gasteiger partial charge in [-0.2, -0.15) is 0 Å². The zero-order valence-electron chi connectivity index (χ0n) is 15.5. The zero-order valence-corrected chi connectivity index (χ0v) is 16.3. The van der Waals surface area contributed by atoms with Crippen molar-refractivity contribution in [2.45, 2.75) is 37.2 Å². The van der Waals surface area contributed by atoms with Crippen molar-refractivity contribution in [1.29, 1.82) is 0 Å². The van der Waals surface area contributed by atoms with Crippen LogP contribution in [0.3, 0.4) is 0 Å². The van der Waals surface area contributed by atoms with Crippen molar-refractivity contribution >= 4 is 28.6 Å². The van der Waals surface area contributed by atoms with Crippen LogP contribution >= 0.6 is 11.8 Å². The number of carbonyl (C=O) groups is 1. The van der Waals surface area contributed by atoms with Gasteiger partial charge < -0.3 is 9.88 Å². The van der Waals surface area contributed by atoms with Gasteiger partial charge in [0.15, 0.2) is 0 Å². The number of benzene rings is 2. The van der Waals surface area contributed by atoms with E-state index in [2.05, 4.69) is 16.0 Å². The number of amides is 1. The Morgan fingerprint density at radius 2 is 1.96 bits per heavy atom. The molecule has 0 fully saturated rings. The minimum absolute atomic E-state index is 0.170. The third-order valence-corrected chi connectivity index (χ3v) is 5.98. The van der Waals surface area contributed by atoms with Crippen LogP contribution in [0.4, 0.5) is 0 Å². The normalized spacial score (nSPS) is 14.1. The van der Waals surface area contributed by atoms with E-state index in [0.29, 0.717) is 5.39 Å². The molecule has 0 saturated heterocycles. The van der Waals surface area contributed by atoms with Gasteiger partial charge in [-0.05, 0) is 55.3 Å². The maximum atomic E-state index is 12.9. The molecule has 1 amide bonds. The molecule has 1 atom stereocenters. The number of carbonyl (C=O) groups excluding carboxylic acids is 1. The van der Waals surface area contributed by atoms with Crippen LogP contribution in [0.1, 0.15) is 40.9 Å². The third-order valence-electron chi connectivity index (χ3n) is 5.23. The average Bonchev–Trinajstić information content (AvgIpc) is 2.70. The lowest BCUT2D eigenvalue weighted by Gasteiger charge is -2.21. The van der Waals surface area contributed by atoms with E-state index >= 15 is 0 Å². The number of nitrogens with one attached hydrogen (secondary N) is 1. The Kier molecular flexibility index (Phi) is 4.79. The molecule has 0 radical (unpaired) electrons. The molecular formula is C22H22N2O2S. The van der Waals surface area contributed by atoms with Crippen molar-refractivity contribution in [1.82, 2.24) is 9.88 Å². The van der Waals surface area contributed by atoms with E-state index < -0.39 is 0 Å². The summed E-state index contributed by atoms with van der Waals surface area (Å²) in [7, 11) is 0. The highest BCUT2D eigenvalue weighted by molar-refractivity contribution is 7.98. The van der Waals surface area contributed by atoms with Crippen molar-refractivity contribution in [3.05, 3.63) is 75.6 Å². The summed E-state index contributed by atoms with van der Waals surface area (Å²) in [6.07, 6.45) is 5.76. The molecule has 1 aromatic heterocycles. The van der Waals surface area contributed by atoms with E-state index in [-0.39, 0.29) is 22.9 Å². The molecule has 3 aromatic rings. The molecule has 138 valence electrons. The van der Waals surface area contributed by atoms with Crippen LogP contribution in [0.15, 0.2) is 58.4 Å². The summed E-state index contributed by atoms with van der Waals surface area (Å²) >= 11 is 1.68. The fraction of sp³-hybridized carbons (Fsp3) is 0.273. The Bertz CT molecular complexity index is 1070. The predicted molar refractivity (Wildman–Crippen MR) is 111 cm³/mol. The molecule has 27 heavy (non-hydrogen) atoms. The Morgan fingerprint density at radius 1 is 1.19 bits per heavy atom. The number of pyridine rings is 1. The molecule has 4 nitrogen and oxygen atoms in total. The molecule has 0 bridgehead atoms. The smallest absolute Gasteiger partial charge is 0.257 e. The highest BCUT2D eigenvalue weighted by Gasteiger charge is 2.20. The number of hydrogen-bond donors (Lipinski definition) is 1. The second-order valence-corrected chi connectivity index (χ2v) is 7.83. The highest BCUT2D eigenvalue weighted by Crippen LogP contribution is 2.24. The number of para-hydroxylation sites is 1. The number of thioether (sulfide) groups is 1. The number of aryl methyl sites for hydroxylation is 2. The molecular weight excluding hydrogens is 356 g/mol. The molecule has 1 aliphatic rings. The zero-order chi connectivity index (χ0) is 19.0. The first-order chi connectivity index (χ1) is 13.1. The summed E-state index contributed by atoms with van der Waals surface area (Å²) in [5, 5.41) is 3.62. The molecule has 4 rings (SSSR count). The topological polar surface area (TPSA) is 51.1 Å². The molecule has 0 aliphatic carbocycles. The van der Waals surface area contributed by atoms with Crippen molar-refractivity contribution < 1.29 is 4.79 Å². The van der Waals surface area contributed by atoms with E-state index in [1.165, 1.54) is 10.5 Å². The number of hydrogen-bond acceptors (Lipinski definition) is 3. The standard InChI is InChI=1S/C22H22N2O2S/c1-14(15-8-10-17(27-2)11-9-15)23-22(26)19-13-24-12-4-6-16-5-3-7-18(20(16)24)21(19)25/h3,5,7-11,13-14H,4,6,12H2,1-2H3,(H,23,26)/t14-/m1/s1. The fourth-order valence-electron chi connectivity index (χ4n) is 3.77. The van der Waals surface area contributed by atoms with Gasteiger partial charge in [-0.3, -0.25) is 9.59 Å². The molecule has 5 heteroatoms. The molecule has 0 saturated carbocycles. The monoisotopic (exact) mass is 378 g/mol. The van der Waals surface area contributed by atoms with Gasteiger partial charge in [-0.1, -0.05) is 24.3 Å². The van der Waals surface area contributed by atoms with E-state index in [1.807, 2.05) is 49.6 Å². The molecule has 1 aliphatic heterocycles. The largest absolute Gasteiger partial charge is 0.346 e. The maximum Gasteiger partial charge on any atom is 0.257 e. The van der Waals surface area contributed by atoms with E-state index in [9.17, 15) is 9.59 Å². The quantitative estimate of drug-likeness (QED) is 0.694. The Hall–Kier alpha value is -2.53. The Morgan fingerprint density at radius 3 is 2.70 bits per heavy atom. The van der Waals surface area contributed by atoms with Crippen molar-refractivity contribution in [3.8, 4) is 0 Å². The summed E-state index contributed by atoms with van der Waals surface area (Å²) in [5.41, 5.74) is 3.21. The van der Waals surface area contributed by atoms with E-state index in [0.717, 1.165) is 30.5 Å². The number of nitrogens with zero attached hydrogens (tertiary/aromatic N) is 1. The maximum absolute atomic E-state index is 12.9. The van der Waals surface area contributed by atoms with Crippen molar-refractivity contribution in [2.24, 2.45) is 0 Å².